The number of hydrogen-bond donors (Lipinski definition) is 4. The number of unbranched alkanes of at least 4 members (excludes halogenated alkanes) is 1. The number of hydrogen-bond acceptors (Lipinski definition) is 6. The van der Waals surface area contributed by atoms with Crippen molar-refractivity contribution in [3.05, 3.63) is 24.3 Å². The summed E-state index contributed by atoms with van der Waals surface area (Å²) < 4.78 is 0. The molecule has 6 N–H and O–H groups in total. The van der Waals surface area contributed by atoms with Crippen LogP contribution in [0.1, 0.15) is 19.3 Å². The quantitative estimate of drug-likeness (QED) is 0.453. The van der Waals surface area contributed by atoms with Gasteiger partial charge in [-0.1, -0.05) is 23.4 Å². The number of nitrogens with two attached hydrogens (primary N) is 2. The fourth-order valence-electron chi connectivity index (χ4n) is 1.49. The van der Waals surface area contributed by atoms with Crippen molar-refractivity contribution in [2.45, 2.75) is 25.3 Å². The van der Waals surface area contributed by atoms with Crippen LogP contribution in [0, 0.1) is 0 Å². The van der Waals surface area contributed by atoms with Gasteiger partial charge in [-0.2, -0.15) is 0 Å². The summed E-state index contributed by atoms with van der Waals surface area (Å²) >= 11 is 0. The van der Waals surface area contributed by atoms with Crippen molar-refractivity contribution in [2.75, 3.05) is 6.54 Å². The zero-order valence-corrected chi connectivity index (χ0v) is 11.0. The zero-order chi connectivity index (χ0) is 15.0. The van der Waals surface area contributed by atoms with Crippen molar-refractivity contribution in [2.24, 2.45) is 11.5 Å². The molecule has 1 aromatic carbocycles. The van der Waals surface area contributed by atoms with Crippen LogP contribution < -0.4 is 11.5 Å². The third-order valence-corrected chi connectivity index (χ3v) is 2.62. The molecule has 20 heavy (non-hydrogen) atoms. The molecule has 0 fully saturated rings. The number of rotatable bonds is 5. The predicted molar refractivity (Wildman–Crippen MR) is 73.2 cm³/mol. The Morgan fingerprint density at radius 2 is 2.05 bits per heavy atom. The first kappa shape index (κ1) is 15.9. The Balaban J connectivity index is 0.000000200. The molecule has 0 aliphatic rings. The van der Waals surface area contributed by atoms with Crippen molar-refractivity contribution < 1.29 is 15.1 Å². The molecule has 8 heteroatoms. The molecule has 1 aromatic heterocycles. The fraction of sp³-hybridized carbons (Fsp3) is 0.417. The van der Waals surface area contributed by atoms with E-state index in [1.165, 1.54) is 0 Å². The summed E-state index contributed by atoms with van der Waals surface area (Å²) in [6.45, 7) is 0.604. The largest absolute Gasteiger partial charge is 0.480 e. The third-order valence-electron chi connectivity index (χ3n) is 2.62. The van der Waals surface area contributed by atoms with E-state index in [0.717, 1.165) is 17.7 Å². The fourth-order valence-corrected chi connectivity index (χ4v) is 1.49. The Morgan fingerprint density at radius 3 is 2.65 bits per heavy atom. The van der Waals surface area contributed by atoms with Gasteiger partial charge in [-0.05, 0) is 36.7 Å². The molecule has 0 aliphatic carbocycles. The Labute approximate surface area is 115 Å². The number of nitrogens with zero attached hydrogens (tertiary/aromatic N) is 3. The van der Waals surface area contributed by atoms with E-state index in [1.54, 1.807) is 12.1 Å². The van der Waals surface area contributed by atoms with Crippen LogP contribution in [0.2, 0.25) is 0 Å². The topological polar surface area (TPSA) is 140 Å². The normalized spacial score (nSPS) is 11.7. The summed E-state index contributed by atoms with van der Waals surface area (Å²) in [7, 11) is 0. The van der Waals surface area contributed by atoms with Crippen LogP contribution >= 0.6 is 0 Å². The average molecular weight is 281 g/mol. The summed E-state index contributed by atoms with van der Waals surface area (Å²) in [6.07, 6.45) is 2.16. The molecule has 0 saturated carbocycles. The molecule has 0 aliphatic heterocycles. The highest BCUT2D eigenvalue weighted by atomic mass is 16.5. The highest BCUT2D eigenvalue weighted by Gasteiger charge is 2.09. The number of para-hydroxylation sites is 1. The van der Waals surface area contributed by atoms with Gasteiger partial charge in [0.1, 0.15) is 17.1 Å². The molecule has 0 radical (unpaired) electrons. The minimum absolute atomic E-state index is 0.520. The van der Waals surface area contributed by atoms with Crippen LogP contribution in [-0.2, 0) is 4.79 Å². The van der Waals surface area contributed by atoms with E-state index in [9.17, 15) is 4.79 Å². The van der Waals surface area contributed by atoms with Gasteiger partial charge in [-0.25, -0.2) is 0 Å². The second-order valence-corrected chi connectivity index (χ2v) is 4.20. The van der Waals surface area contributed by atoms with Gasteiger partial charge in [-0.3, -0.25) is 4.79 Å². The van der Waals surface area contributed by atoms with E-state index in [2.05, 4.69) is 10.3 Å². The number of carboxylic acids is 1. The lowest BCUT2D eigenvalue weighted by molar-refractivity contribution is -0.138. The number of benzene rings is 1. The molecule has 0 unspecified atom stereocenters. The van der Waals surface area contributed by atoms with Crippen LogP contribution in [0.3, 0.4) is 0 Å². The van der Waals surface area contributed by atoms with Crippen LogP contribution in [-0.4, -0.2) is 44.0 Å². The molecular formula is C12H19N5O3. The molecule has 1 atom stereocenters. The molecule has 110 valence electrons. The molecule has 1 heterocycles. The Morgan fingerprint density at radius 1 is 1.35 bits per heavy atom. The average Bonchev–Trinajstić information content (AvgIpc) is 2.82. The summed E-state index contributed by atoms with van der Waals surface area (Å²) in [5, 5.41) is 24.4. The van der Waals surface area contributed by atoms with Crippen molar-refractivity contribution in [3.63, 3.8) is 0 Å². The van der Waals surface area contributed by atoms with E-state index in [0.29, 0.717) is 24.0 Å². The Kier molecular flexibility index (Phi) is 6.41. The van der Waals surface area contributed by atoms with Gasteiger partial charge in [0.2, 0.25) is 0 Å². The van der Waals surface area contributed by atoms with Crippen LogP contribution in [0.25, 0.3) is 11.0 Å². The van der Waals surface area contributed by atoms with Crippen molar-refractivity contribution in [1.82, 2.24) is 15.2 Å². The number of carboxylic acid groups (broad SMARTS) is 1. The molecular weight excluding hydrogens is 262 g/mol. The maximum absolute atomic E-state index is 10.1. The van der Waals surface area contributed by atoms with Gasteiger partial charge in [0, 0.05) is 0 Å². The molecule has 0 spiro atoms. The minimum atomic E-state index is -0.933. The van der Waals surface area contributed by atoms with E-state index in [4.69, 9.17) is 21.8 Å². The Bertz CT molecular complexity index is 543. The van der Waals surface area contributed by atoms with Gasteiger partial charge in [-0.15, -0.1) is 5.10 Å². The predicted octanol–water partition coefficient (Wildman–Crippen LogP) is 0.196. The van der Waals surface area contributed by atoms with Gasteiger partial charge in [0.05, 0.1) is 0 Å². The third kappa shape index (κ3) is 4.82. The first-order valence-corrected chi connectivity index (χ1v) is 6.24. The maximum atomic E-state index is 10.1. The van der Waals surface area contributed by atoms with Gasteiger partial charge < -0.3 is 21.8 Å². The van der Waals surface area contributed by atoms with E-state index in [-0.39, 0.29) is 0 Å². The highest BCUT2D eigenvalue weighted by Crippen LogP contribution is 2.06. The SMILES string of the molecule is NCCCC[C@H](N)C(=O)O.On1nnc2ccccc21. The highest BCUT2D eigenvalue weighted by molar-refractivity contribution is 5.73. The van der Waals surface area contributed by atoms with Crippen molar-refractivity contribution in [3.8, 4) is 0 Å². The first-order valence-electron chi connectivity index (χ1n) is 6.24. The first-order chi connectivity index (χ1) is 9.56. The second-order valence-electron chi connectivity index (χ2n) is 4.20. The van der Waals surface area contributed by atoms with Crippen molar-refractivity contribution >= 4 is 17.0 Å². The number of aromatic nitrogens is 3. The lowest BCUT2D eigenvalue weighted by Gasteiger charge is -2.03. The molecule has 0 saturated heterocycles. The zero-order valence-electron chi connectivity index (χ0n) is 11.0. The smallest absolute Gasteiger partial charge is 0.320 e. The van der Waals surface area contributed by atoms with Crippen LogP contribution in [0.15, 0.2) is 24.3 Å². The second kappa shape index (κ2) is 8.08. The molecule has 2 rings (SSSR count). The van der Waals surface area contributed by atoms with E-state index >= 15 is 0 Å². The monoisotopic (exact) mass is 281 g/mol. The Hall–Kier alpha value is -2.19. The van der Waals surface area contributed by atoms with Crippen LogP contribution in [0.4, 0.5) is 0 Å². The number of fused-ring (bicyclic) bond motifs is 1. The van der Waals surface area contributed by atoms with Gasteiger partial charge in [0.25, 0.3) is 0 Å². The standard InChI is InChI=1S/C6H5N3O.C6H14N2O2/c10-9-6-4-2-1-3-5(6)7-8-9;7-4-2-1-3-5(8)6(9)10/h1-4,10H;5H,1-4,7-8H2,(H,9,10)/t;5-/m.0/s1. The molecule has 8 nitrogen and oxygen atoms in total. The van der Waals surface area contributed by atoms with Crippen LogP contribution in [0.5, 0.6) is 0 Å². The summed E-state index contributed by atoms with van der Waals surface area (Å²) in [5.41, 5.74) is 11.7. The van der Waals surface area contributed by atoms with Gasteiger partial charge in [0.15, 0.2) is 0 Å². The van der Waals surface area contributed by atoms with E-state index in [1.807, 2.05) is 12.1 Å². The van der Waals surface area contributed by atoms with Gasteiger partial charge >= 0.3 is 5.97 Å². The summed E-state index contributed by atoms with van der Waals surface area (Å²) in [6, 6.07) is 6.48. The number of aliphatic carboxylic acids is 1. The summed E-state index contributed by atoms with van der Waals surface area (Å²) in [5.74, 6) is -0.933. The maximum Gasteiger partial charge on any atom is 0.320 e. The molecule has 2 aromatic rings. The van der Waals surface area contributed by atoms with Crippen molar-refractivity contribution in [1.29, 1.82) is 0 Å². The number of carbonyl (C=O) groups is 1. The summed E-state index contributed by atoms with van der Waals surface area (Å²) in [4.78, 5) is 10.9. The lowest BCUT2D eigenvalue weighted by atomic mass is 10.1. The molecule has 0 bridgehead atoms. The minimum Gasteiger partial charge on any atom is -0.480 e. The van der Waals surface area contributed by atoms with E-state index < -0.39 is 12.0 Å². The molecule has 0 amide bonds. The lowest BCUT2D eigenvalue weighted by Crippen LogP contribution is -2.29.